The second-order valence-corrected chi connectivity index (χ2v) is 9.74. The second-order valence-electron chi connectivity index (χ2n) is 5.17. The number of carbonyl (C=O) groups is 1. The number of carbonyl (C=O) groups excluding carboxylic acids is 1. The van der Waals surface area contributed by atoms with E-state index in [1.807, 2.05) is 0 Å². The summed E-state index contributed by atoms with van der Waals surface area (Å²) in [7, 11) is 2.83. The van der Waals surface area contributed by atoms with Crippen molar-refractivity contribution in [3.63, 3.8) is 0 Å². The molecule has 0 spiro atoms. The van der Waals surface area contributed by atoms with Crippen LogP contribution in [0.4, 0.5) is 4.79 Å². The van der Waals surface area contributed by atoms with Gasteiger partial charge in [-0.1, -0.05) is 69.6 Å². The van der Waals surface area contributed by atoms with Crippen molar-refractivity contribution in [1.82, 2.24) is 0 Å². The van der Waals surface area contributed by atoms with E-state index in [2.05, 4.69) is 0 Å². The van der Waals surface area contributed by atoms with Gasteiger partial charge in [-0.15, -0.1) is 0 Å². The summed E-state index contributed by atoms with van der Waals surface area (Å²) in [6.45, 7) is 0. The smallest absolute Gasteiger partial charge is 0.496 e. The van der Waals surface area contributed by atoms with Crippen LogP contribution in [0.3, 0.4) is 0 Å². The predicted molar refractivity (Wildman–Crippen MR) is 111 cm³/mol. The Labute approximate surface area is 191 Å². The first-order chi connectivity index (χ1) is 13.0. The Kier molecular flexibility index (Phi) is 7.70. The molecule has 0 bridgehead atoms. The lowest BCUT2D eigenvalue weighted by Gasteiger charge is -2.17. The molecule has 0 aliphatic carbocycles. The van der Waals surface area contributed by atoms with Crippen molar-refractivity contribution in [2.24, 2.45) is 0 Å². The zero-order chi connectivity index (χ0) is 21.1. The second kappa shape index (κ2) is 9.24. The highest BCUT2D eigenvalue weighted by Crippen LogP contribution is 2.45. The van der Waals surface area contributed by atoms with E-state index in [1.165, 1.54) is 50.6 Å². The molecule has 5 nitrogen and oxygen atoms in total. The summed E-state index contributed by atoms with van der Waals surface area (Å²) in [6, 6.07) is 8.53. The minimum Gasteiger partial charge on any atom is -0.496 e. The first kappa shape index (κ1) is 23.3. The van der Waals surface area contributed by atoms with Crippen molar-refractivity contribution in [1.29, 1.82) is 0 Å². The fourth-order valence-corrected chi connectivity index (χ4v) is 3.04. The highest BCUT2D eigenvalue weighted by molar-refractivity contribution is 6.67. The van der Waals surface area contributed by atoms with E-state index in [1.54, 1.807) is 0 Å². The third-order valence-corrected chi connectivity index (χ3v) is 4.58. The van der Waals surface area contributed by atoms with Gasteiger partial charge in [0.1, 0.15) is 23.0 Å². The molecule has 28 heavy (non-hydrogen) atoms. The van der Waals surface area contributed by atoms with E-state index < -0.39 is 13.7 Å². The van der Waals surface area contributed by atoms with Crippen molar-refractivity contribution >= 4 is 75.8 Å². The molecule has 2 rings (SSSR count). The monoisotopic (exact) mass is 506 g/mol. The number of hydrogen-bond acceptors (Lipinski definition) is 5. The average Bonchev–Trinajstić information content (AvgIpc) is 2.60. The van der Waals surface area contributed by atoms with Crippen LogP contribution in [0.5, 0.6) is 23.0 Å². The molecule has 0 saturated heterocycles. The Morgan fingerprint density at radius 1 is 0.714 bits per heavy atom. The maximum atomic E-state index is 12.1. The third-order valence-electron chi connectivity index (χ3n) is 3.36. The molecular formula is C17H12Cl6O5. The number of benzene rings is 2. The van der Waals surface area contributed by atoms with Crippen LogP contribution in [0.2, 0.25) is 0 Å². The minimum absolute atomic E-state index is 0.0715. The van der Waals surface area contributed by atoms with Gasteiger partial charge in [-0.2, -0.15) is 0 Å². The molecule has 0 unspecified atom stereocenters. The molecule has 0 saturated carbocycles. The van der Waals surface area contributed by atoms with Gasteiger partial charge in [0.05, 0.1) is 14.2 Å². The Morgan fingerprint density at radius 2 is 1.07 bits per heavy atom. The number of alkyl halides is 6. The van der Waals surface area contributed by atoms with Gasteiger partial charge in [-0.3, -0.25) is 0 Å². The zero-order valence-corrected chi connectivity index (χ0v) is 18.8. The van der Waals surface area contributed by atoms with Gasteiger partial charge in [0.25, 0.3) is 0 Å². The van der Waals surface area contributed by atoms with Gasteiger partial charge < -0.3 is 18.9 Å². The molecule has 0 aliphatic heterocycles. The lowest BCUT2D eigenvalue weighted by molar-refractivity contribution is 0.151. The van der Waals surface area contributed by atoms with Crippen LogP contribution in [-0.4, -0.2) is 20.4 Å². The largest absolute Gasteiger partial charge is 0.519 e. The Balaban J connectivity index is 2.21. The fourth-order valence-electron chi connectivity index (χ4n) is 2.16. The molecule has 2 aromatic rings. The van der Waals surface area contributed by atoms with Crippen LogP contribution in [0.15, 0.2) is 36.4 Å². The van der Waals surface area contributed by atoms with E-state index in [4.69, 9.17) is 88.6 Å². The summed E-state index contributed by atoms with van der Waals surface area (Å²) >= 11 is 35.4. The molecule has 0 N–H and O–H groups in total. The van der Waals surface area contributed by atoms with Crippen LogP contribution in [0.25, 0.3) is 0 Å². The number of halogens is 6. The molecule has 152 valence electrons. The van der Waals surface area contributed by atoms with Crippen molar-refractivity contribution < 1.29 is 23.7 Å². The first-order valence-electron chi connectivity index (χ1n) is 7.36. The summed E-state index contributed by atoms with van der Waals surface area (Å²) in [5.41, 5.74) is 0.376. The Hall–Kier alpha value is -0.950. The quantitative estimate of drug-likeness (QED) is 0.254. The lowest BCUT2D eigenvalue weighted by Crippen LogP contribution is -2.15. The van der Waals surface area contributed by atoms with Gasteiger partial charge in [0, 0.05) is 11.1 Å². The highest BCUT2D eigenvalue weighted by Gasteiger charge is 2.29. The van der Waals surface area contributed by atoms with E-state index in [-0.39, 0.29) is 22.6 Å². The van der Waals surface area contributed by atoms with E-state index in [9.17, 15) is 4.79 Å². The van der Waals surface area contributed by atoms with E-state index in [0.717, 1.165) is 0 Å². The van der Waals surface area contributed by atoms with Gasteiger partial charge >= 0.3 is 6.16 Å². The predicted octanol–water partition coefficient (Wildman–Crippen LogP) is 6.94. The molecule has 0 heterocycles. The van der Waals surface area contributed by atoms with Crippen molar-refractivity contribution in [3.05, 3.63) is 47.5 Å². The van der Waals surface area contributed by atoms with Crippen LogP contribution < -0.4 is 18.9 Å². The van der Waals surface area contributed by atoms with Crippen molar-refractivity contribution in [2.45, 2.75) is 7.59 Å². The average molecular weight is 509 g/mol. The molecule has 2 aromatic carbocycles. The molecule has 0 aliphatic rings. The topological polar surface area (TPSA) is 54.0 Å². The minimum atomic E-state index is -1.79. The molecule has 0 aromatic heterocycles. The summed E-state index contributed by atoms with van der Waals surface area (Å²) in [5, 5.41) is 0. The molecule has 0 fully saturated rings. The fraction of sp³-hybridized carbons (Fsp3) is 0.235. The normalized spacial score (nSPS) is 11.7. The maximum absolute atomic E-state index is 12.1. The molecular weight excluding hydrogens is 497 g/mol. The first-order valence-corrected chi connectivity index (χ1v) is 9.62. The third kappa shape index (κ3) is 6.02. The number of hydrogen-bond donors (Lipinski definition) is 0. The van der Waals surface area contributed by atoms with Crippen LogP contribution in [0.1, 0.15) is 11.1 Å². The zero-order valence-electron chi connectivity index (χ0n) is 14.3. The summed E-state index contributed by atoms with van der Waals surface area (Å²) < 4.78 is 16.9. The van der Waals surface area contributed by atoms with Crippen LogP contribution in [0, 0.1) is 0 Å². The van der Waals surface area contributed by atoms with Gasteiger partial charge in [-0.25, -0.2) is 4.79 Å². The standard InChI is InChI=1S/C17H12Cl6O5/c1-25-13-5-3-9(7-11(13)16(18,19)20)27-15(24)28-10-4-6-14(26-2)12(8-10)17(21,22)23/h3-8H,1-2H3. The van der Waals surface area contributed by atoms with E-state index in [0.29, 0.717) is 11.5 Å². The molecule has 0 radical (unpaired) electrons. The van der Waals surface area contributed by atoms with Gasteiger partial charge in [-0.05, 0) is 36.4 Å². The summed E-state index contributed by atoms with van der Waals surface area (Å²) in [5.74, 6) is 0.760. The Morgan fingerprint density at radius 3 is 1.36 bits per heavy atom. The molecule has 0 amide bonds. The Bertz CT molecular complexity index is 791. The van der Waals surface area contributed by atoms with Gasteiger partial charge in [0.15, 0.2) is 0 Å². The number of methoxy groups -OCH3 is 2. The van der Waals surface area contributed by atoms with Gasteiger partial charge in [0.2, 0.25) is 7.59 Å². The highest BCUT2D eigenvalue weighted by atomic mass is 35.6. The molecule has 0 atom stereocenters. The van der Waals surface area contributed by atoms with Crippen LogP contribution >= 0.6 is 69.6 Å². The van der Waals surface area contributed by atoms with Crippen LogP contribution in [-0.2, 0) is 7.59 Å². The molecule has 11 heteroatoms. The summed E-state index contributed by atoms with van der Waals surface area (Å²) in [6.07, 6.45) is -1.05. The SMILES string of the molecule is COc1ccc(OC(=O)Oc2ccc(OC)c(C(Cl)(Cl)Cl)c2)cc1C(Cl)(Cl)Cl. The van der Waals surface area contributed by atoms with E-state index >= 15 is 0 Å². The number of rotatable bonds is 4. The summed E-state index contributed by atoms with van der Waals surface area (Å²) in [4.78, 5) is 12.1. The van der Waals surface area contributed by atoms with Crippen molar-refractivity contribution in [3.8, 4) is 23.0 Å². The number of ether oxygens (including phenoxy) is 4. The maximum Gasteiger partial charge on any atom is 0.519 e. The van der Waals surface area contributed by atoms with Crippen molar-refractivity contribution in [2.75, 3.05) is 14.2 Å². The lowest BCUT2D eigenvalue weighted by atomic mass is 10.2.